The zero-order chi connectivity index (χ0) is 19.6. The third kappa shape index (κ3) is 4.83. The van der Waals surface area contributed by atoms with Crippen LogP contribution < -0.4 is 20.0 Å². The first-order valence-corrected chi connectivity index (χ1v) is 10.1. The van der Waals surface area contributed by atoms with E-state index < -0.39 is 33.9 Å². The Morgan fingerprint density at radius 1 is 1.30 bits per heavy atom. The first-order chi connectivity index (χ1) is 12.7. The van der Waals surface area contributed by atoms with Crippen LogP contribution in [0.2, 0.25) is 0 Å². The maximum atomic E-state index is 14.6. The van der Waals surface area contributed by atoms with Crippen molar-refractivity contribution in [3.8, 4) is 0 Å². The summed E-state index contributed by atoms with van der Waals surface area (Å²) in [5.74, 6) is -1.62. The van der Waals surface area contributed by atoms with Crippen LogP contribution in [0.1, 0.15) is 0 Å². The summed E-state index contributed by atoms with van der Waals surface area (Å²) < 4.78 is 58.8. The molecule has 2 saturated heterocycles. The van der Waals surface area contributed by atoms with E-state index >= 15 is 0 Å². The maximum absolute atomic E-state index is 14.6. The van der Waals surface area contributed by atoms with Crippen LogP contribution in [0.3, 0.4) is 0 Å². The summed E-state index contributed by atoms with van der Waals surface area (Å²) in [6.45, 7) is 1.21. The molecule has 1 aromatic carbocycles. The number of ether oxygens (including phenoxy) is 1. The monoisotopic (exact) mass is 406 g/mol. The van der Waals surface area contributed by atoms with Crippen LogP contribution in [-0.2, 0) is 19.6 Å². The molecule has 27 heavy (non-hydrogen) atoms. The Hall–Kier alpha value is -2.02. The molecule has 0 aromatic heterocycles. The van der Waals surface area contributed by atoms with Gasteiger partial charge in [0.25, 0.3) is 0 Å². The zero-order valence-electron chi connectivity index (χ0n) is 14.6. The number of halogens is 2. The Balaban J connectivity index is 1.76. The van der Waals surface area contributed by atoms with Crippen molar-refractivity contribution in [2.24, 2.45) is 0 Å². The summed E-state index contributed by atoms with van der Waals surface area (Å²) in [6.07, 6.45) is -0.574. The Bertz CT molecular complexity index is 791. The highest BCUT2D eigenvalue weighted by molar-refractivity contribution is 7.88. The molecule has 0 unspecified atom stereocenters. The number of nitrogens with one attached hydrogen (secondary N) is 2. The lowest BCUT2D eigenvalue weighted by Crippen LogP contribution is -2.34. The molecule has 9 nitrogen and oxygen atoms in total. The molecule has 0 bridgehead atoms. The summed E-state index contributed by atoms with van der Waals surface area (Å²) >= 11 is 0. The highest BCUT2D eigenvalue weighted by Crippen LogP contribution is 2.31. The van der Waals surface area contributed by atoms with Gasteiger partial charge in [0.1, 0.15) is 11.8 Å². The molecular weight excluding hydrogens is 386 g/mol. The number of benzene rings is 1. The minimum Gasteiger partial charge on any atom is -0.443 e. The number of carbonyl (C=O) groups excluding carboxylic acids is 1. The van der Waals surface area contributed by atoms with Crippen molar-refractivity contribution < 1.29 is 31.6 Å². The number of nitrogens with zero attached hydrogens (tertiary/aromatic N) is 2. The standard InChI is InChI=1S/C15H20F2N4O5S/c1-27(23,24)19-8-11-9-21(15(22)26-11)10-6-12(16)14(13(17)7-10)20-3-2-18-25-5-4-20/h6-7,11,18-19H,2-5,8-9H2,1H3/t11-/m0/s1. The predicted molar refractivity (Wildman–Crippen MR) is 93.0 cm³/mol. The van der Waals surface area contributed by atoms with E-state index in [4.69, 9.17) is 9.57 Å². The minimum absolute atomic E-state index is 0.00445. The number of anilines is 2. The second kappa shape index (κ2) is 7.92. The molecule has 150 valence electrons. The Labute approximate surface area is 155 Å². The van der Waals surface area contributed by atoms with E-state index in [-0.39, 0.29) is 31.1 Å². The summed E-state index contributed by atoms with van der Waals surface area (Å²) in [4.78, 5) is 19.7. The summed E-state index contributed by atoms with van der Waals surface area (Å²) in [5, 5.41) is 0. The fraction of sp³-hybridized carbons (Fsp3) is 0.533. The molecule has 3 rings (SSSR count). The molecule has 2 aliphatic rings. The van der Waals surface area contributed by atoms with E-state index in [1.54, 1.807) is 0 Å². The second-order valence-corrected chi connectivity index (χ2v) is 8.06. The summed E-state index contributed by atoms with van der Waals surface area (Å²) in [6, 6.07) is 2.12. The molecule has 2 fully saturated rings. The summed E-state index contributed by atoms with van der Waals surface area (Å²) in [7, 11) is -3.45. The van der Waals surface area contributed by atoms with E-state index in [1.807, 2.05) is 0 Å². The van der Waals surface area contributed by atoms with Gasteiger partial charge < -0.3 is 9.64 Å². The Morgan fingerprint density at radius 2 is 2.00 bits per heavy atom. The number of rotatable bonds is 5. The highest BCUT2D eigenvalue weighted by atomic mass is 32.2. The predicted octanol–water partition coefficient (Wildman–Crippen LogP) is 0.180. The van der Waals surface area contributed by atoms with Gasteiger partial charge >= 0.3 is 6.09 Å². The van der Waals surface area contributed by atoms with Gasteiger partial charge in [-0.2, -0.15) is 0 Å². The molecule has 1 aromatic rings. The van der Waals surface area contributed by atoms with Gasteiger partial charge in [0.05, 0.1) is 25.1 Å². The Kier molecular flexibility index (Phi) is 5.79. The van der Waals surface area contributed by atoms with Crippen LogP contribution >= 0.6 is 0 Å². The van der Waals surface area contributed by atoms with Crippen molar-refractivity contribution in [3.05, 3.63) is 23.8 Å². The molecule has 0 radical (unpaired) electrons. The molecule has 1 atom stereocenters. The largest absolute Gasteiger partial charge is 0.443 e. The van der Waals surface area contributed by atoms with Crippen LogP contribution in [0.4, 0.5) is 25.0 Å². The van der Waals surface area contributed by atoms with Gasteiger partial charge in [-0.05, 0) is 0 Å². The van der Waals surface area contributed by atoms with Crippen molar-refractivity contribution in [3.63, 3.8) is 0 Å². The number of hydrogen-bond acceptors (Lipinski definition) is 7. The Morgan fingerprint density at radius 3 is 2.67 bits per heavy atom. The van der Waals surface area contributed by atoms with Crippen LogP contribution in [0.15, 0.2) is 12.1 Å². The normalized spacial score (nSPS) is 21.3. The molecule has 12 heteroatoms. The molecule has 0 aliphatic carbocycles. The topological polar surface area (TPSA) is 100 Å². The van der Waals surface area contributed by atoms with Crippen LogP contribution in [0, 0.1) is 11.6 Å². The van der Waals surface area contributed by atoms with Crippen LogP contribution in [0.25, 0.3) is 0 Å². The van der Waals surface area contributed by atoms with Crippen LogP contribution in [0.5, 0.6) is 0 Å². The third-order valence-electron chi connectivity index (χ3n) is 4.13. The fourth-order valence-electron chi connectivity index (χ4n) is 2.91. The molecule has 1 amide bonds. The van der Waals surface area contributed by atoms with Crippen molar-refractivity contribution in [2.75, 3.05) is 55.4 Å². The van der Waals surface area contributed by atoms with Gasteiger partial charge in [-0.1, -0.05) is 0 Å². The lowest BCUT2D eigenvalue weighted by Gasteiger charge is -2.24. The molecule has 2 N–H and O–H groups in total. The maximum Gasteiger partial charge on any atom is 0.414 e. The number of hydroxylamine groups is 1. The molecule has 0 spiro atoms. The second-order valence-electron chi connectivity index (χ2n) is 6.22. The number of hydrogen-bond donors (Lipinski definition) is 2. The first-order valence-electron chi connectivity index (χ1n) is 8.26. The number of amides is 1. The molecular formula is C15H20F2N4O5S. The SMILES string of the molecule is CS(=O)(=O)NC[C@H]1CN(c2cc(F)c(N3CCNOCC3)c(F)c2)C(=O)O1. The van der Waals surface area contributed by atoms with Gasteiger partial charge in [-0.3, -0.25) is 9.74 Å². The average Bonchev–Trinajstić information content (AvgIpc) is 2.77. The van der Waals surface area contributed by atoms with E-state index in [1.165, 1.54) is 4.90 Å². The van der Waals surface area contributed by atoms with Gasteiger partial charge in [0.15, 0.2) is 11.6 Å². The quantitative estimate of drug-likeness (QED) is 0.720. The van der Waals surface area contributed by atoms with E-state index in [9.17, 15) is 22.0 Å². The number of cyclic esters (lactones) is 1. The number of sulfonamides is 1. The number of carbonyl (C=O) groups is 1. The lowest BCUT2D eigenvalue weighted by atomic mass is 10.2. The first kappa shape index (κ1) is 19.7. The highest BCUT2D eigenvalue weighted by Gasteiger charge is 2.34. The average molecular weight is 406 g/mol. The van der Waals surface area contributed by atoms with Gasteiger partial charge in [0.2, 0.25) is 10.0 Å². The lowest BCUT2D eigenvalue weighted by molar-refractivity contribution is 0.0589. The molecule has 0 saturated carbocycles. The van der Waals surface area contributed by atoms with Crippen LogP contribution in [-0.4, -0.2) is 66.2 Å². The van der Waals surface area contributed by atoms with Crippen molar-refractivity contribution in [2.45, 2.75) is 6.10 Å². The van der Waals surface area contributed by atoms with Gasteiger partial charge in [0, 0.05) is 38.3 Å². The van der Waals surface area contributed by atoms with Crippen molar-refractivity contribution >= 4 is 27.5 Å². The molecule has 2 heterocycles. The van der Waals surface area contributed by atoms with E-state index in [0.29, 0.717) is 19.6 Å². The van der Waals surface area contributed by atoms with Crippen molar-refractivity contribution in [1.82, 2.24) is 10.2 Å². The minimum atomic E-state index is -3.45. The van der Waals surface area contributed by atoms with Crippen molar-refractivity contribution in [1.29, 1.82) is 0 Å². The zero-order valence-corrected chi connectivity index (χ0v) is 15.4. The van der Waals surface area contributed by atoms with E-state index in [2.05, 4.69) is 10.2 Å². The summed E-state index contributed by atoms with van der Waals surface area (Å²) in [5.41, 5.74) is 2.49. The van der Waals surface area contributed by atoms with Gasteiger partial charge in [-0.15, -0.1) is 0 Å². The molecule has 2 aliphatic heterocycles. The third-order valence-corrected chi connectivity index (χ3v) is 4.82. The fourth-order valence-corrected chi connectivity index (χ4v) is 3.40. The van der Waals surface area contributed by atoms with Gasteiger partial charge in [-0.25, -0.2) is 32.2 Å². The smallest absolute Gasteiger partial charge is 0.414 e. The van der Waals surface area contributed by atoms with E-state index in [0.717, 1.165) is 23.3 Å².